The van der Waals surface area contributed by atoms with E-state index >= 15 is 0 Å². The van der Waals surface area contributed by atoms with Crippen molar-refractivity contribution in [3.63, 3.8) is 0 Å². The molecule has 114 valence electrons. The Morgan fingerprint density at radius 1 is 0.895 bits per heavy atom. The second-order valence-electron chi connectivity index (χ2n) is 7.09. The molecule has 0 radical (unpaired) electrons. The van der Waals surface area contributed by atoms with Gasteiger partial charge in [0.2, 0.25) is 0 Å². The Balaban J connectivity index is 2.41. The highest BCUT2D eigenvalue weighted by Gasteiger charge is 2.29. The Bertz CT molecular complexity index is 204. The van der Waals surface area contributed by atoms with Gasteiger partial charge in [-0.3, -0.25) is 0 Å². The molecule has 0 heterocycles. The van der Waals surface area contributed by atoms with Crippen molar-refractivity contribution in [1.82, 2.24) is 5.32 Å². The summed E-state index contributed by atoms with van der Waals surface area (Å²) in [4.78, 5) is 0. The second kappa shape index (κ2) is 9.80. The van der Waals surface area contributed by atoms with Gasteiger partial charge < -0.3 is 5.32 Å². The highest BCUT2D eigenvalue weighted by Crippen LogP contribution is 2.35. The summed E-state index contributed by atoms with van der Waals surface area (Å²) in [6.07, 6.45) is 12.7. The topological polar surface area (TPSA) is 12.0 Å². The molecule has 3 atom stereocenters. The zero-order valence-corrected chi connectivity index (χ0v) is 13.9. The van der Waals surface area contributed by atoms with Crippen molar-refractivity contribution in [1.29, 1.82) is 0 Å². The lowest BCUT2D eigenvalue weighted by Crippen LogP contribution is -2.40. The van der Waals surface area contributed by atoms with Crippen LogP contribution in [0.2, 0.25) is 0 Å². The monoisotopic (exact) mass is 267 g/mol. The molecule has 0 aromatic heterocycles. The molecule has 1 aliphatic rings. The third-order valence-electron chi connectivity index (χ3n) is 4.81. The van der Waals surface area contributed by atoms with Gasteiger partial charge >= 0.3 is 0 Å². The lowest BCUT2D eigenvalue weighted by Gasteiger charge is -2.37. The Kier molecular flexibility index (Phi) is 8.77. The summed E-state index contributed by atoms with van der Waals surface area (Å²) < 4.78 is 0. The molecule has 0 spiro atoms. The maximum Gasteiger partial charge on any atom is 0.00955 e. The van der Waals surface area contributed by atoms with E-state index in [1.54, 1.807) is 0 Å². The van der Waals surface area contributed by atoms with Gasteiger partial charge in [0.15, 0.2) is 0 Å². The van der Waals surface area contributed by atoms with Crippen molar-refractivity contribution in [3.05, 3.63) is 0 Å². The molecule has 1 nitrogen and oxygen atoms in total. The van der Waals surface area contributed by atoms with Gasteiger partial charge in [-0.1, -0.05) is 53.4 Å². The van der Waals surface area contributed by atoms with E-state index in [4.69, 9.17) is 0 Å². The largest absolute Gasteiger partial charge is 0.314 e. The molecular formula is C18H37N. The van der Waals surface area contributed by atoms with Crippen LogP contribution < -0.4 is 5.32 Å². The van der Waals surface area contributed by atoms with E-state index in [9.17, 15) is 0 Å². The first-order chi connectivity index (χ1) is 9.17. The van der Waals surface area contributed by atoms with Gasteiger partial charge in [-0.05, 0) is 56.4 Å². The van der Waals surface area contributed by atoms with Gasteiger partial charge in [-0.25, -0.2) is 0 Å². The summed E-state index contributed by atoms with van der Waals surface area (Å²) in [5.74, 6) is 2.82. The lowest BCUT2D eigenvalue weighted by molar-refractivity contribution is 0.169. The van der Waals surface area contributed by atoms with Crippen molar-refractivity contribution in [2.75, 3.05) is 6.54 Å². The summed E-state index contributed by atoms with van der Waals surface area (Å²) in [5, 5.41) is 3.86. The van der Waals surface area contributed by atoms with Crippen LogP contribution >= 0.6 is 0 Å². The number of unbranched alkanes of at least 4 members (excludes halogenated alkanes) is 3. The predicted molar refractivity (Wildman–Crippen MR) is 86.5 cm³/mol. The SMILES string of the molecule is CCCCCCC(NCCC)C1CC(C)CC(C)C1. The van der Waals surface area contributed by atoms with Crippen LogP contribution in [0.25, 0.3) is 0 Å². The average Bonchev–Trinajstić information content (AvgIpc) is 2.36. The number of hydrogen-bond acceptors (Lipinski definition) is 1. The standard InChI is InChI=1S/C18H37N/c1-5-7-8-9-10-18(19-11-6-2)17-13-15(3)12-16(4)14-17/h15-19H,5-14H2,1-4H3. The lowest BCUT2D eigenvalue weighted by atomic mass is 9.73. The number of nitrogens with one attached hydrogen (secondary N) is 1. The fraction of sp³-hybridized carbons (Fsp3) is 1.00. The quantitative estimate of drug-likeness (QED) is 0.552. The molecule has 1 rings (SSSR count). The number of rotatable bonds is 9. The van der Waals surface area contributed by atoms with Crippen molar-refractivity contribution < 1.29 is 0 Å². The van der Waals surface area contributed by atoms with Crippen molar-refractivity contribution in [2.45, 2.75) is 91.5 Å². The smallest absolute Gasteiger partial charge is 0.00955 e. The molecule has 0 bridgehead atoms. The van der Waals surface area contributed by atoms with E-state index in [1.165, 1.54) is 64.3 Å². The van der Waals surface area contributed by atoms with Crippen LogP contribution in [0, 0.1) is 17.8 Å². The Morgan fingerprint density at radius 2 is 1.58 bits per heavy atom. The first kappa shape index (κ1) is 17.0. The third-order valence-corrected chi connectivity index (χ3v) is 4.81. The zero-order chi connectivity index (χ0) is 14.1. The summed E-state index contributed by atoms with van der Waals surface area (Å²) in [5.41, 5.74) is 0. The third kappa shape index (κ3) is 6.79. The van der Waals surface area contributed by atoms with E-state index < -0.39 is 0 Å². The van der Waals surface area contributed by atoms with Crippen LogP contribution in [-0.4, -0.2) is 12.6 Å². The van der Waals surface area contributed by atoms with Crippen LogP contribution in [0.3, 0.4) is 0 Å². The van der Waals surface area contributed by atoms with Gasteiger partial charge in [0.1, 0.15) is 0 Å². The summed E-state index contributed by atoms with van der Waals surface area (Å²) in [7, 11) is 0. The molecule has 0 saturated heterocycles. The normalized spacial score (nSPS) is 29.4. The van der Waals surface area contributed by atoms with E-state index in [-0.39, 0.29) is 0 Å². The van der Waals surface area contributed by atoms with Gasteiger partial charge in [0, 0.05) is 6.04 Å². The molecule has 0 aliphatic heterocycles. The molecule has 19 heavy (non-hydrogen) atoms. The minimum Gasteiger partial charge on any atom is -0.314 e. The van der Waals surface area contributed by atoms with Crippen LogP contribution in [-0.2, 0) is 0 Å². The summed E-state index contributed by atoms with van der Waals surface area (Å²) in [6.45, 7) is 10.7. The van der Waals surface area contributed by atoms with Crippen LogP contribution in [0.5, 0.6) is 0 Å². The molecule has 1 heteroatoms. The van der Waals surface area contributed by atoms with Gasteiger partial charge in [-0.2, -0.15) is 0 Å². The molecule has 1 N–H and O–H groups in total. The zero-order valence-electron chi connectivity index (χ0n) is 13.9. The van der Waals surface area contributed by atoms with Crippen LogP contribution in [0.4, 0.5) is 0 Å². The molecular weight excluding hydrogens is 230 g/mol. The first-order valence-corrected chi connectivity index (χ1v) is 8.90. The fourth-order valence-corrected chi connectivity index (χ4v) is 3.96. The molecule has 0 aromatic rings. The second-order valence-corrected chi connectivity index (χ2v) is 7.09. The van der Waals surface area contributed by atoms with E-state index in [0.29, 0.717) is 0 Å². The maximum absolute atomic E-state index is 3.86. The predicted octanol–water partition coefficient (Wildman–Crippen LogP) is 5.40. The van der Waals surface area contributed by atoms with E-state index in [1.807, 2.05) is 0 Å². The molecule has 1 saturated carbocycles. The Labute approximate surface area is 121 Å². The van der Waals surface area contributed by atoms with Crippen molar-refractivity contribution in [2.24, 2.45) is 17.8 Å². The average molecular weight is 268 g/mol. The highest BCUT2D eigenvalue weighted by molar-refractivity contribution is 4.83. The Morgan fingerprint density at radius 3 is 2.16 bits per heavy atom. The van der Waals surface area contributed by atoms with Crippen LogP contribution in [0.1, 0.15) is 85.5 Å². The maximum atomic E-state index is 3.86. The van der Waals surface area contributed by atoms with Gasteiger partial charge in [-0.15, -0.1) is 0 Å². The minimum absolute atomic E-state index is 0.794. The Hall–Kier alpha value is -0.0400. The fourth-order valence-electron chi connectivity index (χ4n) is 3.96. The van der Waals surface area contributed by atoms with Crippen molar-refractivity contribution >= 4 is 0 Å². The molecule has 0 amide bonds. The molecule has 1 fully saturated rings. The summed E-state index contributed by atoms with van der Waals surface area (Å²) >= 11 is 0. The highest BCUT2D eigenvalue weighted by atomic mass is 14.9. The number of hydrogen-bond donors (Lipinski definition) is 1. The van der Waals surface area contributed by atoms with Crippen LogP contribution in [0.15, 0.2) is 0 Å². The van der Waals surface area contributed by atoms with Gasteiger partial charge in [0.25, 0.3) is 0 Å². The molecule has 3 unspecified atom stereocenters. The summed E-state index contributed by atoms with van der Waals surface area (Å²) in [6, 6.07) is 0.794. The van der Waals surface area contributed by atoms with E-state index in [0.717, 1.165) is 23.8 Å². The minimum atomic E-state index is 0.794. The first-order valence-electron chi connectivity index (χ1n) is 8.90. The molecule has 0 aromatic carbocycles. The molecule has 1 aliphatic carbocycles. The van der Waals surface area contributed by atoms with Gasteiger partial charge in [0.05, 0.1) is 0 Å². The van der Waals surface area contributed by atoms with Crippen molar-refractivity contribution in [3.8, 4) is 0 Å². The van der Waals surface area contributed by atoms with E-state index in [2.05, 4.69) is 33.0 Å².